The highest BCUT2D eigenvalue weighted by Crippen LogP contribution is 2.28. The van der Waals surface area contributed by atoms with Crippen LogP contribution in [0.2, 0.25) is 0 Å². The van der Waals surface area contributed by atoms with E-state index in [4.69, 9.17) is 4.74 Å². The van der Waals surface area contributed by atoms with Crippen molar-refractivity contribution < 1.29 is 13.9 Å². The lowest BCUT2D eigenvalue weighted by molar-refractivity contribution is 0.00819. The molecule has 1 aliphatic rings. The van der Waals surface area contributed by atoms with Gasteiger partial charge in [-0.3, -0.25) is 0 Å². The Hall–Kier alpha value is -1.58. The number of benzene rings is 1. The smallest absolute Gasteiger partial charge is 0.410 e. The number of carbonyl (C=O) groups excluding carboxylic acids is 1. The summed E-state index contributed by atoms with van der Waals surface area (Å²) < 4.78 is 18.1. The molecule has 98 valence electrons. The van der Waals surface area contributed by atoms with Crippen LogP contribution in [0.5, 0.6) is 0 Å². The first kappa shape index (κ1) is 12.9. The monoisotopic (exact) mass is 251 g/mol. The summed E-state index contributed by atoms with van der Waals surface area (Å²) in [5.74, 6) is 0.0557. The van der Waals surface area contributed by atoms with Crippen molar-refractivity contribution in [3.63, 3.8) is 0 Å². The van der Waals surface area contributed by atoms with Gasteiger partial charge >= 0.3 is 6.09 Å². The van der Waals surface area contributed by atoms with Crippen molar-refractivity contribution in [2.75, 3.05) is 13.1 Å². The van der Waals surface area contributed by atoms with Gasteiger partial charge in [-0.25, -0.2) is 9.18 Å². The van der Waals surface area contributed by atoms with E-state index in [9.17, 15) is 9.18 Å². The van der Waals surface area contributed by atoms with Gasteiger partial charge in [0.2, 0.25) is 0 Å². The normalized spacial score (nSPS) is 16.3. The number of amides is 1. The highest BCUT2D eigenvalue weighted by Gasteiger charge is 2.34. The fraction of sp³-hybridized carbons (Fsp3) is 0.500. The van der Waals surface area contributed by atoms with Crippen LogP contribution in [0.4, 0.5) is 9.18 Å². The minimum absolute atomic E-state index is 0.234. The van der Waals surface area contributed by atoms with Crippen molar-refractivity contribution in [2.45, 2.75) is 32.3 Å². The summed E-state index contributed by atoms with van der Waals surface area (Å²) >= 11 is 0. The molecular weight excluding hydrogens is 233 g/mol. The van der Waals surface area contributed by atoms with Crippen molar-refractivity contribution in [2.24, 2.45) is 0 Å². The third-order valence-electron chi connectivity index (χ3n) is 2.87. The molecule has 1 aromatic rings. The number of likely N-dealkylation sites (tertiary alicyclic amines) is 1. The van der Waals surface area contributed by atoms with Crippen molar-refractivity contribution >= 4 is 6.09 Å². The first-order valence-corrected chi connectivity index (χ1v) is 6.08. The summed E-state index contributed by atoms with van der Waals surface area (Å²) in [5.41, 5.74) is 0.606. The van der Waals surface area contributed by atoms with Crippen LogP contribution in [0.3, 0.4) is 0 Å². The van der Waals surface area contributed by atoms with E-state index in [0.29, 0.717) is 13.1 Å². The third-order valence-corrected chi connectivity index (χ3v) is 2.87. The minimum atomic E-state index is -0.460. The van der Waals surface area contributed by atoms with Crippen molar-refractivity contribution in [1.29, 1.82) is 0 Å². The SMILES string of the molecule is CC(C)(C)OC(=O)N1CC(c2ccc(F)cc2)C1. The fourth-order valence-corrected chi connectivity index (χ4v) is 1.90. The van der Waals surface area contributed by atoms with Crippen LogP contribution in [-0.4, -0.2) is 29.7 Å². The molecule has 1 amide bonds. The average Bonchev–Trinajstić information content (AvgIpc) is 2.15. The molecule has 0 radical (unpaired) electrons. The Morgan fingerprint density at radius 2 is 1.83 bits per heavy atom. The number of nitrogens with zero attached hydrogens (tertiary/aromatic N) is 1. The van der Waals surface area contributed by atoms with E-state index in [1.807, 2.05) is 20.8 Å². The molecule has 3 nitrogen and oxygen atoms in total. The Kier molecular flexibility index (Phi) is 3.28. The van der Waals surface area contributed by atoms with Crippen LogP contribution < -0.4 is 0 Å². The number of hydrogen-bond donors (Lipinski definition) is 0. The second kappa shape index (κ2) is 4.59. The van der Waals surface area contributed by atoms with Gasteiger partial charge in [0.1, 0.15) is 11.4 Å². The maximum Gasteiger partial charge on any atom is 0.410 e. The Morgan fingerprint density at radius 1 is 1.28 bits per heavy atom. The van der Waals surface area contributed by atoms with Crippen molar-refractivity contribution in [3.05, 3.63) is 35.6 Å². The Labute approximate surface area is 107 Å². The molecule has 1 heterocycles. The van der Waals surface area contributed by atoms with Gasteiger partial charge in [0.05, 0.1) is 0 Å². The second-order valence-corrected chi connectivity index (χ2v) is 5.63. The maximum absolute atomic E-state index is 12.8. The number of carbonyl (C=O) groups is 1. The second-order valence-electron chi connectivity index (χ2n) is 5.63. The van der Waals surface area contributed by atoms with Gasteiger partial charge in [-0.05, 0) is 38.5 Å². The number of rotatable bonds is 1. The predicted molar refractivity (Wildman–Crippen MR) is 66.9 cm³/mol. The summed E-state index contributed by atoms with van der Waals surface area (Å²) in [6.07, 6.45) is -0.277. The van der Waals surface area contributed by atoms with E-state index >= 15 is 0 Å². The largest absolute Gasteiger partial charge is 0.444 e. The summed E-state index contributed by atoms with van der Waals surface area (Å²) in [7, 11) is 0. The van der Waals surface area contributed by atoms with Crippen molar-refractivity contribution in [1.82, 2.24) is 4.90 Å². The van der Waals surface area contributed by atoms with Gasteiger partial charge in [0.25, 0.3) is 0 Å². The first-order valence-electron chi connectivity index (χ1n) is 6.08. The van der Waals surface area contributed by atoms with E-state index in [0.717, 1.165) is 5.56 Å². The highest BCUT2D eigenvalue weighted by atomic mass is 19.1. The molecule has 2 rings (SSSR count). The van der Waals surface area contributed by atoms with Crippen LogP contribution in [0.25, 0.3) is 0 Å². The molecule has 0 aliphatic carbocycles. The van der Waals surface area contributed by atoms with E-state index in [2.05, 4.69) is 0 Å². The quantitative estimate of drug-likeness (QED) is 0.767. The van der Waals surface area contributed by atoms with E-state index in [-0.39, 0.29) is 17.8 Å². The minimum Gasteiger partial charge on any atom is -0.444 e. The molecular formula is C14H18FNO2. The zero-order valence-corrected chi connectivity index (χ0v) is 10.9. The number of hydrogen-bond acceptors (Lipinski definition) is 2. The molecule has 0 aromatic heterocycles. The molecule has 0 N–H and O–H groups in total. The molecule has 0 atom stereocenters. The molecule has 1 aromatic carbocycles. The lowest BCUT2D eigenvalue weighted by atomic mass is 9.92. The topological polar surface area (TPSA) is 29.5 Å². The molecule has 4 heteroatoms. The zero-order valence-electron chi connectivity index (χ0n) is 10.9. The highest BCUT2D eigenvalue weighted by molar-refractivity contribution is 5.69. The molecule has 1 fully saturated rings. The van der Waals surface area contributed by atoms with Gasteiger partial charge in [-0.2, -0.15) is 0 Å². The third kappa shape index (κ3) is 3.00. The van der Waals surface area contributed by atoms with Crippen LogP contribution in [0.15, 0.2) is 24.3 Å². The van der Waals surface area contributed by atoms with Gasteiger partial charge in [0, 0.05) is 19.0 Å². The first-order chi connectivity index (χ1) is 8.35. The van der Waals surface area contributed by atoms with Crippen LogP contribution in [0.1, 0.15) is 32.3 Å². The summed E-state index contributed by atoms with van der Waals surface area (Å²) in [6, 6.07) is 6.44. The molecule has 18 heavy (non-hydrogen) atoms. The predicted octanol–water partition coefficient (Wildman–Crippen LogP) is 3.16. The number of halogens is 1. The molecule has 0 spiro atoms. The molecule has 1 aliphatic heterocycles. The Morgan fingerprint density at radius 3 is 2.33 bits per heavy atom. The average molecular weight is 251 g/mol. The molecule has 0 unspecified atom stereocenters. The zero-order chi connectivity index (χ0) is 13.3. The van der Waals surface area contributed by atoms with Gasteiger partial charge in [-0.15, -0.1) is 0 Å². The fourth-order valence-electron chi connectivity index (χ4n) is 1.90. The molecule has 0 bridgehead atoms. The molecule has 1 saturated heterocycles. The lowest BCUT2D eigenvalue weighted by Gasteiger charge is -2.40. The number of ether oxygens (including phenoxy) is 1. The van der Waals surface area contributed by atoms with Gasteiger partial charge in [-0.1, -0.05) is 12.1 Å². The molecule has 0 saturated carbocycles. The van der Waals surface area contributed by atoms with Crippen LogP contribution in [0, 0.1) is 5.82 Å². The van der Waals surface area contributed by atoms with Gasteiger partial charge in [0.15, 0.2) is 0 Å². The van der Waals surface area contributed by atoms with Crippen LogP contribution in [-0.2, 0) is 4.74 Å². The van der Waals surface area contributed by atoms with E-state index in [1.165, 1.54) is 12.1 Å². The van der Waals surface area contributed by atoms with Crippen molar-refractivity contribution in [3.8, 4) is 0 Å². The standard InChI is InChI=1S/C14H18FNO2/c1-14(2,3)18-13(17)16-8-11(9-16)10-4-6-12(15)7-5-10/h4-7,11H,8-9H2,1-3H3. The summed E-state index contributed by atoms with van der Waals surface area (Å²) in [4.78, 5) is 13.4. The Bertz CT molecular complexity index is 430. The summed E-state index contributed by atoms with van der Waals surface area (Å²) in [5, 5.41) is 0. The van der Waals surface area contributed by atoms with E-state index in [1.54, 1.807) is 17.0 Å². The van der Waals surface area contributed by atoms with E-state index < -0.39 is 5.60 Å². The maximum atomic E-state index is 12.8. The van der Waals surface area contributed by atoms with Gasteiger partial charge < -0.3 is 9.64 Å². The Balaban J connectivity index is 1.87. The van der Waals surface area contributed by atoms with Crippen LogP contribution >= 0.6 is 0 Å². The lowest BCUT2D eigenvalue weighted by Crippen LogP contribution is -2.50. The summed E-state index contributed by atoms with van der Waals surface area (Å²) in [6.45, 7) is 6.83.